The fraction of sp³-hybridized carbons (Fsp3) is 0.357. The number of nitriles is 1. The number of carbonyl (C=O) groups is 1. The quantitative estimate of drug-likeness (QED) is 0.779. The summed E-state index contributed by atoms with van der Waals surface area (Å²) in [7, 11) is 0. The summed E-state index contributed by atoms with van der Waals surface area (Å²) >= 11 is 0. The standard InChI is InChI=1S/C14H15N3O2/c1-14(2,3)19-13(18)17-7-4-5-11-6-8-16-12(9-11)10-15/h6,8-9H,7H2,1-3H3,(H,17,18). The van der Waals surface area contributed by atoms with Crippen LogP contribution in [-0.2, 0) is 4.74 Å². The fourth-order valence-corrected chi connectivity index (χ4v) is 1.15. The molecule has 1 N–H and O–H groups in total. The molecule has 0 spiro atoms. The topological polar surface area (TPSA) is 75.0 Å². The molecule has 0 radical (unpaired) electrons. The summed E-state index contributed by atoms with van der Waals surface area (Å²) in [5, 5.41) is 11.2. The molecule has 1 aromatic rings. The molecule has 5 heteroatoms. The minimum atomic E-state index is -0.524. The number of aromatic nitrogens is 1. The number of hydrogen-bond donors (Lipinski definition) is 1. The van der Waals surface area contributed by atoms with Gasteiger partial charge in [0, 0.05) is 11.8 Å². The first-order valence-corrected chi connectivity index (χ1v) is 5.72. The number of alkyl carbamates (subject to hydrolysis) is 1. The average Bonchev–Trinajstić information content (AvgIpc) is 2.33. The number of nitrogens with one attached hydrogen (secondary N) is 1. The Kier molecular flexibility index (Phi) is 4.91. The first-order chi connectivity index (χ1) is 8.90. The van der Waals surface area contributed by atoms with Crippen molar-refractivity contribution in [3.8, 4) is 17.9 Å². The van der Waals surface area contributed by atoms with Gasteiger partial charge in [-0.1, -0.05) is 11.8 Å². The van der Waals surface area contributed by atoms with Gasteiger partial charge >= 0.3 is 6.09 Å². The van der Waals surface area contributed by atoms with Crippen molar-refractivity contribution >= 4 is 6.09 Å². The monoisotopic (exact) mass is 257 g/mol. The van der Waals surface area contributed by atoms with Gasteiger partial charge in [-0.3, -0.25) is 0 Å². The second-order valence-electron chi connectivity index (χ2n) is 4.70. The summed E-state index contributed by atoms with van der Waals surface area (Å²) in [5.41, 5.74) is 0.467. The molecule has 0 atom stereocenters. The molecule has 1 aromatic heterocycles. The Morgan fingerprint density at radius 2 is 2.26 bits per heavy atom. The summed E-state index contributed by atoms with van der Waals surface area (Å²) in [4.78, 5) is 15.2. The van der Waals surface area contributed by atoms with Crippen LogP contribution in [0.15, 0.2) is 18.3 Å². The first-order valence-electron chi connectivity index (χ1n) is 5.72. The van der Waals surface area contributed by atoms with Crippen molar-refractivity contribution in [1.82, 2.24) is 10.3 Å². The lowest BCUT2D eigenvalue weighted by Gasteiger charge is -2.18. The highest BCUT2D eigenvalue weighted by molar-refractivity contribution is 5.68. The summed E-state index contributed by atoms with van der Waals surface area (Å²) in [6, 6.07) is 5.21. The molecule has 0 saturated heterocycles. The third-order valence-electron chi connectivity index (χ3n) is 1.83. The van der Waals surface area contributed by atoms with Crippen LogP contribution in [0.1, 0.15) is 32.0 Å². The molecule has 1 rings (SSSR count). The van der Waals surface area contributed by atoms with Crippen LogP contribution < -0.4 is 5.32 Å². The predicted molar refractivity (Wildman–Crippen MR) is 70.1 cm³/mol. The van der Waals surface area contributed by atoms with Crippen LogP contribution in [-0.4, -0.2) is 23.2 Å². The zero-order valence-electron chi connectivity index (χ0n) is 11.2. The fourth-order valence-electron chi connectivity index (χ4n) is 1.15. The van der Waals surface area contributed by atoms with E-state index in [1.54, 1.807) is 32.9 Å². The van der Waals surface area contributed by atoms with Crippen molar-refractivity contribution in [3.63, 3.8) is 0 Å². The van der Waals surface area contributed by atoms with Crippen LogP contribution in [0.25, 0.3) is 0 Å². The lowest BCUT2D eigenvalue weighted by atomic mass is 10.2. The third-order valence-corrected chi connectivity index (χ3v) is 1.83. The minimum Gasteiger partial charge on any atom is -0.444 e. The Balaban J connectivity index is 2.48. The molecule has 0 aliphatic heterocycles. The molecule has 0 unspecified atom stereocenters. The van der Waals surface area contributed by atoms with Gasteiger partial charge in [-0.05, 0) is 32.9 Å². The number of nitrogens with zero attached hydrogens (tertiary/aromatic N) is 2. The predicted octanol–water partition coefficient (Wildman–Crippen LogP) is 1.83. The van der Waals surface area contributed by atoms with Gasteiger partial charge in [0.1, 0.15) is 17.4 Å². The van der Waals surface area contributed by atoms with Crippen molar-refractivity contribution < 1.29 is 9.53 Å². The van der Waals surface area contributed by atoms with Crippen LogP contribution >= 0.6 is 0 Å². The zero-order chi connectivity index (χ0) is 14.3. The number of rotatable bonds is 1. The van der Waals surface area contributed by atoms with Gasteiger partial charge in [-0.25, -0.2) is 9.78 Å². The molecule has 1 amide bonds. The maximum atomic E-state index is 11.3. The van der Waals surface area contributed by atoms with E-state index in [9.17, 15) is 4.79 Å². The molecule has 5 nitrogen and oxygen atoms in total. The van der Waals surface area contributed by atoms with Crippen molar-refractivity contribution in [2.45, 2.75) is 26.4 Å². The summed E-state index contributed by atoms with van der Waals surface area (Å²) < 4.78 is 5.06. The van der Waals surface area contributed by atoms with E-state index in [1.807, 2.05) is 6.07 Å². The second kappa shape index (κ2) is 6.42. The number of hydrogen-bond acceptors (Lipinski definition) is 4. The van der Waals surface area contributed by atoms with Gasteiger partial charge in [-0.15, -0.1) is 0 Å². The van der Waals surface area contributed by atoms with Crippen LogP contribution in [0.4, 0.5) is 4.79 Å². The van der Waals surface area contributed by atoms with Crippen molar-refractivity contribution in [1.29, 1.82) is 5.26 Å². The molecule has 0 fully saturated rings. The molecule has 19 heavy (non-hydrogen) atoms. The normalized spacial score (nSPS) is 9.79. The second-order valence-corrected chi connectivity index (χ2v) is 4.70. The summed E-state index contributed by atoms with van der Waals surface area (Å²) in [5.74, 6) is 5.60. The highest BCUT2D eigenvalue weighted by atomic mass is 16.6. The highest BCUT2D eigenvalue weighted by Crippen LogP contribution is 2.06. The molecule has 0 bridgehead atoms. The Bertz CT molecular complexity index is 557. The molecular formula is C14H15N3O2. The Labute approximate surface area is 112 Å². The van der Waals surface area contributed by atoms with E-state index in [4.69, 9.17) is 10.00 Å². The van der Waals surface area contributed by atoms with E-state index in [0.29, 0.717) is 11.3 Å². The van der Waals surface area contributed by atoms with Gasteiger partial charge < -0.3 is 10.1 Å². The number of ether oxygens (including phenoxy) is 1. The zero-order valence-corrected chi connectivity index (χ0v) is 11.2. The van der Waals surface area contributed by atoms with Gasteiger partial charge in [0.25, 0.3) is 0 Å². The minimum absolute atomic E-state index is 0.180. The summed E-state index contributed by atoms with van der Waals surface area (Å²) in [6.07, 6.45) is 1.01. The van der Waals surface area contributed by atoms with E-state index < -0.39 is 11.7 Å². The third kappa shape index (κ3) is 6.09. The van der Waals surface area contributed by atoms with E-state index in [2.05, 4.69) is 22.1 Å². The number of carbonyl (C=O) groups excluding carboxylic acids is 1. The van der Waals surface area contributed by atoms with E-state index >= 15 is 0 Å². The largest absolute Gasteiger partial charge is 0.444 e. The summed E-state index contributed by atoms with van der Waals surface area (Å²) in [6.45, 7) is 5.55. The Hall–Kier alpha value is -2.53. The molecule has 98 valence electrons. The van der Waals surface area contributed by atoms with Gasteiger partial charge in [0.2, 0.25) is 0 Å². The average molecular weight is 257 g/mol. The van der Waals surface area contributed by atoms with E-state index in [-0.39, 0.29) is 6.54 Å². The molecule has 0 saturated carbocycles. The van der Waals surface area contributed by atoms with E-state index in [0.717, 1.165) is 0 Å². The lowest BCUT2D eigenvalue weighted by molar-refractivity contribution is 0.0535. The lowest BCUT2D eigenvalue weighted by Crippen LogP contribution is -2.32. The maximum Gasteiger partial charge on any atom is 0.408 e. The SMILES string of the molecule is CC(C)(C)OC(=O)NCC#Cc1ccnc(C#N)c1. The van der Waals surface area contributed by atoms with Gasteiger partial charge in [0.05, 0.1) is 6.54 Å². The Morgan fingerprint density at radius 3 is 2.89 bits per heavy atom. The van der Waals surface area contributed by atoms with E-state index in [1.165, 1.54) is 6.20 Å². The van der Waals surface area contributed by atoms with Gasteiger partial charge in [0.15, 0.2) is 0 Å². The van der Waals surface area contributed by atoms with Crippen LogP contribution in [0.5, 0.6) is 0 Å². The van der Waals surface area contributed by atoms with Gasteiger partial charge in [-0.2, -0.15) is 5.26 Å². The van der Waals surface area contributed by atoms with Crippen LogP contribution in [0, 0.1) is 23.2 Å². The number of amides is 1. The molecule has 0 aliphatic rings. The number of pyridine rings is 1. The van der Waals surface area contributed by atoms with Crippen molar-refractivity contribution in [2.24, 2.45) is 0 Å². The smallest absolute Gasteiger partial charge is 0.408 e. The highest BCUT2D eigenvalue weighted by Gasteiger charge is 2.14. The maximum absolute atomic E-state index is 11.3. The van der Waals surface area contributed by atoms with Crippen LogP contribution in [0.3, 0.4) is 0 Å². The molecular weight excluding hydrogens is 242 g/mol. The molecule has 1 heterocycles. The Morgan fingerprint density at radius 1 is 1.53 bits per heavy atom. The van der Waals surface area contributed by atoms with Crippen molar-refractivity contribution in [3.05, 3.63) is 29.6 Å². The molecule has 0 aliphatic carbocycles. The molecule has 0 aromatic carbocycles. The van der Waals surface area contributed by atoms with Crippen LogP contribution in [0.2, 0.25) is 0 Å². The van der Waals surface area contributed by atoms with Crippen molar-refractivity contribution in [2.75, 3.05) is 6.54 Å². The first kappa shape index (κ1) is 14.5.